The fourth-order valence-corrected chi connectivity index (χ4v) is 2.00. The lowest BCUT2D eigenvalue weighted by molar-refractivity contribution is -0.119. The smallest absolute Gasteiger partial charge is 0.220 e. The molecule has 1 aliphatic rings. The molecule has 92 valence electrons. The van der Waals surface area contributed by atoms with Gasteiger partial charge in [0, 0.05) is 25.6 Å². The highest BCUT2D eigenvalue weighted by Gasteiger charge is 2.19. The maximum atomic E-state index is 11.0. The highest BCUT2D eigenvalue weighted by molar-refractivity contribution is 5.78. The zero-order chi connectivity index (χ0) is 12.1. The second-order valence-electron chi connectivity index (χ2n) is 4.29. The molecule has 0 aliphatic carbocycles. The van der Waals surface area contributed by atoms with Crippen molar-refractivity contribution in [1.82, 2.24) is 10.6 Å². The summed E-state index contributed by atoms with van der Waals surface area (Å²) < 4.78 is 5.16. The van der Waals surface area contributed by atoms with Gasteiger partial charge in [-0.2, -0.15) is 0 Å². The lowest BCUT2D eigenvalue weighted by Crippen LogP contribution is -2.35. The zero-order valence-corrected chi connectivity index (χ0v) is 10.0. The van der Waals surface area contributed by atoms with Crippen LogP contribution in [0.4, 0.5) is 0 Å². The molecule has 1 aliphatic heterocycles. The largest absolute Gasteiger partial charge is 0.497 e. The summed E-state index contributed by atoms with van der Waals surface area (Å²) in [5.74, 6) is 1.04. The summed E-state index contributed by atoms with van der Waals surface area (Å²) >= 11 is 0. The van der Waals surface area contributed by atoms with Gasteiger partial charge in [-0.3, -0.25) is 4.79 Å². The standard InChI is InChI=1S/C13H18N2O2/c1-17-12-4-2-3-10(7-12)8-14-9-11-5-6-13(16)15-11/h2-4,7,11,14H,5-6,8-9H2,1H3,(H,15,16). The molecule has 2 N–H and O–H groups in total. The van der Waals surface area contributed by atoms with Gasteiger partial charge in [0.15, 0.2) is 0 Å². The van der Waals surface area contributed by atoms with Crippen molar-refractivity contribution in [2.75, 3.05) is 13.7 Å². The van der Waals surface area contributed by atoms with E-state index in [4.69, 9.17) is 4.74 Å². The van der Waals surface area contributed by atoms with Crippen LogP contribution in [-0.4, -0.2) is 25.6 Å². The van der Waals surface area contributed by atoms with Crippen molar-refractivity contribution in [3.63, 3.8) is 0 Å². The third-order valence-electron chi connectivity index (χ3n) is 2.94. The van der Waals surface area contributed by atoms with Gasteiger partial charge in [-0.1, -0.05) is 12.1 Å². The Bertz CT molecular complexity index is 393. The summed E-state index contributed by atoms with van der Waals surface area (Å²) in [6.07, 6.45) is 1.59. The van der Waals surface area contributed by atoms with Gasteiger partial charge in [0.05, 0.1) is 7.11 Å². The van der Waals surface area contributed by atoms with Gasteiger partial charge in [-0.05, 0) is 24.1 Å². The molecule has 17 heavy (non-hydrogen) atoms. The molecule has 1 atom stereocenters. The molecule has 0 spiro atoms. The minimum Gasteiger partial charge on any atom is -0.497 e. The average molecular weight is 234 g/mol. The quantitative estimate of drug-likeness (QED) is 0.801. The van der Waals surface area contributed by atoms with E-state index in [-0.39, 0.29) is 11.9 Å². The predicted octanol–water partition coefficient (Wildman–Crippen LogP) is 1.06. The van der Waals surface area contributed by atoms with Crippen LogP contribution in [0.25, 0.3) is 0 Å². The van der Waals surface area contributed by atoms with Crippen molar-refractivity contribution in [3.8, 4) is 5.75 Å². The second kappa shape index (κ2) is 5.68. The first kappa shape index (κ1) is 11.9. The summed E-state index contributed by atoms with van der Waals surface area (Å²) in [6, 6.07) is 8.27. The molecule has 1 fully saturated rings. The van der Waals surface area contributed by atoms with Crippen LogP contribution >= 0.6 is 0 Å². The van der Waals surface area contributed by atoms with E-state index in [0.717, 1.165) is 25.3 Å². The minimum absolute atomic E-state index is 0.165. The van der Waals surface area contributed by atoms with E-state index in [1.54, 1.807) is 7.11 Å². The lowest BCUT2D eigenvalue weighted by atomic mass is 10.2. The van der Waals surface area contributed by atoms with Crippen LogP contribution in [0, 0.1) is 0 Å². The second-order valence-corrected chi connectivity index (χ2v) is 4.29. The van der Waals surface area contributed by atoms with Crippen LogP contribution in [0.3, 0.4) is 0 Å². The number of methoxy groups -OCH3 is 1. The number of amides is 1. The first-order chi connectivity index (χ1) is 8.28. The van der Waals surface area contributed by atoms with Crippen molar-refractivity contribution in [1.29, 1.82) is 0 Å². The SMILES string of the molecule is COc1cccc(CNCC2CCC(=O)N2)c1. The molecule has 0 radical (unpaired) electrons. The van der Waals surface area contributed by atoms with E-state index in [1.807, 2.05) is 18.2 Å². The summed E-state index contributed by atoms with van der Waals surface area (Å²) in [6.45, 7) is 1.62. The van der Waals surface area contributed by atoms with Crippen LogP contribution in [0.5, 0.6) is 5.75 Å². The highest BCUT2D eigenvalue weighted by Crippen LogP contribution is 2.12. The van der Waals surface area contributed by atoms with E-state index < -0.39 is 0 Å². The zero-order valence-electron chi connectivity index (χ0n) is 10.0. The molecule has 4 nitrogen and oxygen atoms in total. The van der Waals surface area contributed by atoms with Crippen LogP contribution in [0.15, 0.2) is 24.3 Å². The third-order valence-corrected chi connectivity index (χ3v) is 2.94. The molecule has 4 heteroatoms. The van der Waals surface area contributed by atoms with Crippen LogP contribution in [0.1, 0.15) is 18.4 Å². The molecule has 1 heterocycles. The molecule has 0 aromatic heterocycles. The highest BCUT2D eigenvalue weighted by atomic mass is 16.5. The van der Waals surface area contributed by atoms with Gasteiger partial charge in [-0.25, -0.2) is 0 Å². The Hall–Kier alpha value is -1.55. The van der Waals surface area contributed by atoms with Crippen molar-refractivity contribution in [3.05, 3.63) is 29.8 Å². The van der Waals surface area contributed by atoms with Crippen molar-refractivity contribution in [2.45, 2.75) is 25.4 Å². The minimum atomic E-state index is 0.165. The van der Waals surface area contributed by atoms with Crippen LogP contribution < -0.4 is 15.4 Å². The Labute approximate surface area is 101 Å². The number of hydrogen-bond donors (Lipinski definition) is 2. The fourth-order valence-electron chi connectivity index (χ4n) is 2.00. The molecule has 1 saturated heterocycles. The molecule has 0 saturated carbocycles. The number of rotatable bonds is 5. The Morgan fingerprint density at radius 2 is 2.41 bits per heavy atom. The Kier molecular flexibility index (Phi) is 3.98. The number of nitrogens with one attached hydrogen (secondary N) is 2. The number of ether oxygens (including phenoxy) is 1. The molecule has 1 unspecified atom stereocenters. The first-order valence-corrected chi connectivity index (χ1v) is 5.91. The predicted molar refractivity (Wildman–Crippen MR) is 65.9 cm³/mol. The molecule has 1 aromatic carbocycles. The summed E-state index contributed by atoms with van der Waals surface area (Å²) in [5.41, 5.74) is 1.19. The molecule has 1 amide bonds. The maximum absolute atomic E-state index is 11.0. The summed E-state index contributed by atoms with van der Waals surface area (Å²) in [5, 5.41) is 6.28. The van der Waals surface area contributed by atoms with E-state index in [9.17, 15) is 4.79 Å². The Balaban J connectivity index is 1.75. The van der Waals surface area contributed by atoms with Gasteiger partial charge in [0.25, 0.3) is 0 Å². The van der Waals surface area contributed by atoms with Gasteiger partial charge in [0.1, 0.15) is 5.75 Å². The van der Waals surface area contributed by atoms with Gasteiger partial charge in [0.2, 0.25) is 5.91 Å². The number of carbonyl (C=O) groups is 1. The number of carbonyl (C=O) groups excluding carboxylic acids is 1. The van der Waals surface area contributed by atoms with Crippen molar-refractivity contribution < 1.29 is 9.53 Å². The third kappa shape index (κ3) is 3.46. The number of benzene rings is 1. The monoisotopic (exact) mass is 234 g/mol. The molecule has 2 rings (SSSR count). The topological polar surface area (TPSA) is 50.4 Å². The molecule has 1 aromatic rings. The van der Waals surface area contributed by atoms with Crippen molar-refractivity contribution >= 4 is 5.91 Å². The maximum Gasteiger partial charge on any atom is 0.220 e. The Morgan fingerprint density at radius 1 is 1.53 bits per heavy atom. The van der Waals surface area contributed by atoms with Crippen LogP contribution in [0.2, 0.25) is 0 Å². The Morgan fingerprint density at radius 3 is 3.12 bits per heavy atom. The van der Waals surface area contributed by atoms with Gasteiger partial charge in [-0.15, -0.1) is 0 Å². The molecular formula is C13H18N2O2. The summed E-state index contributed by atoms with van der Waals surface area (Å²) in [4.78, 5) is 11.0. The summed E-state index contributed by atoms with van der Waals surface area (Å²) in [7, 11) is 1.67. The first-order valence-electron chi connectivity index (χ1n) is 5.91. The molecule has 0 bridgehead atoms. The van der Waals surface area contributed by atoms with Gasteiger partial charge >= 0.3 is 0 Å². The fraction of sp³-hybridized carbons (Fsp3) is 0.462. The average Bonchev–Trinajstić information content (AvgIpc) is 2.75. The van der Waals surface area contributed by atoms with E-state index in [1.165, 1.54) is 5.56 Å². The van der Waals surface area contributed by atoms with E-state index in [0.29, 0.717) is 6.42 Å². The number of hydrogen-bond acceptors (Lipinski definition) is 3. The van der Waals surface area contributed by atoms with Crippen LogP contribution in [-0.2, 0) is 11.3 Å². The van der Waals surface area contributed by atoms with E-state index >= 15 is 0 Å². The van der Waals surface area contributed by atoms with Crippen molar-refractivity contribution in [2.24, 2.45) is 0 Å². The van der Waals surface area contributed by atoms with Gasteiger partial charge < -0.3 is 15.4 Å². The lowest BCUT2D eigenvalue weighted by Gasteiger charge is -2.11. The van der Waals surface area contributed by atoms with E-state index in [2.05, 4.69) is 16.7 Å². The molecular weight excluding hydrogens is 216 g/mol. The normalized spacial score (nSPS) is 19.1.